The number of nitro groups is 1. The lowest BCUT2D eigenvalue weighted by molar-refractivity contribution is -0.384. The van der Waals surface area contributed by atoms with Crippen LogP contribution in [0.1, 0.15) is 0 Å². The van der Waals surface area contributed by atoms with Gasteiger partial charge in [-0.15, -0.1) is 0 Å². The number of para-hydroxylation sites is 2. The molecule has 0 saturated carbocycles. The fraction of sp³-hybridized carbons (Fsp3) is 0.200. The molecule has 22 heavy (non-hydrogen) atoms. The van der Waals surface area contributed by atoms with Crippen LogP contribution in [0.4, 0.5) is 5.69 Å². The maximum Gasteiger partial charge on any atom is 0.271 e. The van der Waals surface area contributed by atoms with Crippen molar-refractivity contribution in [1.29, 1.82) is 0 Å². The van der Waals surface area contributed by atoms with Gasteiger partial charge in [-0.1, -0.05) is 23.7 Å². The molecule has 0 amide bonds. The van der Waals surface area contributed by atoms with E-state index >= 15 is 0 Å². The third-order valence-corrected chi connectivity index (χ3v) is 3.41. The molecule has 2 aromatic carbocycles. The summed E-state index contributed by atoms with van der Waals surface area (Å²) in [6.45, 7) is 0.591. The van der Waals surface area contributed by atoms with Crippen molar-refractivity contribution >= 4 is 17.3 Å². The SMILES string of the molecule is O=[N+]([O-])c1ccc(OCC2COc3ccccc3O2)c(Cl)c1. The van der Waals surface area contributed by atoms with Crippen LogP contribution in [-0.2, 0) is 0 Å². The second-order valence-corrected chi connectivity index (χ2v) is 5.09. The van der Waals surface area contributed by atoms with Crippen molar-refractivity contribution in [3.05, 3.63) is 57.6 Å². The highest BCUT2D eigenvalue weighted by atomic mass is 35.5. The number of non-ortho nitro benzene ring substituents is 1. The predicted octanol–water partition coefficient (Wildman–Crippen LogP) is 3.47. The summed E-state index contributed by atoms with van der Waals surface area (Å²) >= 11 is 5.97. The molecule has 1 aliphatic heterocycles. The lowest BCUT2D eigenvalue weighted by atomic mass is 10.2. The maximum absolute atomic E-state index is 10.7. The zero-order chi connectivity index (χ0) is 15.5. The quantitative estimate of drug-likeness (QED) is 0.637. The largest absolute Gasteiger partial charge is 0.488 e. The molecule has 0 bridgehead atoms. The van der Waals surface area contributed by atoms with Gasteiger partial charge in [-0.2, -0.15) is 0 Å². The molecular formula is C15H12ClNO5. The van der Waals surface area contributed by atoms with E-state index in [2.05, 4.69) is 0 Å². The lowest BCUT2D eigenvalue weighted by Crippen LogP contribution is -2.34. The Bertz CT molecular complexity index is 706. The van der Waals surface area contributed by atoms with Gasteiger partial charge >= 0.3 is 0 Å². The minimum absolute atomic E-state index is 0.0801. The van der Waals surface area contributed by atoms with Gasteiger partial charge in [0.15, 0.2) is 17.6 Å². The van der Waals surface area contributed by atoms with Crippen LogP contribution in [0.15, 0.2) is 42.5 Å². The van der Waals surface area contributed by atoms with Crippen LogP contribution in [0.5, 0.6) is 17.2 Å². The van der Waals surface area contributed by atoms with Crippen molar-refractivity contribution < 1.29 is 19.1 Å². The molecule has 0 radical (unpaired) electrons. The highest BCUT2D eigenvalue weighted by Gasteiger charge is 2.21. The summed E-state index contributed by atoms with van der Waals surface area (Å²) in [5.74, 6) is 1.74. The first-order chi connectivity index (χ1) is 10.6. The van der Waals surface area contributed by atoms with Crippen LogP contribution in [0.25, 0.3) is 0 Å². The fourth-order valence-electron chi connectivity index (χ4n) is 2.05. The van der Waals surface area contributed by atoms with Crippen LogP contribution in [0.2, 0.25) is 5.02 Å². The Morgan fingerprint density at radius 1 is 1.27 bits per heavy atom. The number of hydrogen-bond acceptors (Lipinski definition) is 5. The van der Waals surface area contributed by atoms with E-state index in [1.54, 1.807) is 0 Å². The van der Waals surface area contributed by atoms with Crippen molar-refractivity contribution in [2.75, 3.05) is 13.2 Å². The van der Waals surface area contributed by atoms with E-state index < -0.39 is 4.92 Å². The van der Waals surface area contributed by atoms with E-state index in [0.29, 0.717) is 23.9 Å². The Kier molecular flexibility index (Phi) is 4.02. The molecule has 1 heterocycles. The van der Waals surface area contributed by atoms with Crippen molar-refractivity contribution in [2.24, 2.45) is 0 Å². The summed E-state index contributed by atoms with van der Waals surface area (Å²) in [5.41, 5.74) is -0.0801. The first kappa shape index (κ1) is 14.5. The van der Waals surface area contributed by atoms with E-state index in [-0.39, 0.29) is 23.4 Å². The number of fused-ring (bicyclic) bond motifs is 1. The molecule has 2 aromatic rings. The zero-order valence-electron chi connectivity index (χ0n) is 11.4. The summed E-state index contributed by atoms with van der Waals surface area (Å²) < 4.78 is 16.9. The third-order valence-electron chi connectivity index (χ3n) is 3.12. The Morgan fingerprint density at radius 2 is 2.05 bits per heavy atom. The standard InChI is InChI=1S/C15H12ClNO5/c16-12-7-10(17(18)19)5-6-13(12)20-8-11-9-21-14-3-1-2-4-15(14)22-11/h1-7,11H,8-9H2. The average molecular weight is 322 g/mol. The van der Waals surface area contributed by atoms with E-state index in [1.165, 1.54) is 18.2 Å². The number of halogens is 1. The second kappa shape index (κ2) is 6.11. The maximum atomic E-state index is 10.7. The summed E-state index contributed by atoms with van der Waals surface area (Å²) in [6.07, 6.45) is -0.277. The van der Waals surface area contributed by atoms with Crippen LogP contribution in [0, 0.1) is 10.1 Å². The lowest BCUT2D eigenvalue weighted by Gasteiger charge is -2.26. The van der Waals surface area contributed by atoms with Gasteiger partial charge in [0.05, 0.1) is 9.95 Å². The van der Waals surface area contributed by atoms with Gasteiger partial charge in [-0.05, 0) is 18.2 Å². The molecule has 1 unspecified atom stereocenters. The molecule has 0 aromatic heterocycles. The molecule has 0 saturated heterocycles. The van der Waals surface area contributed by atoms with Gasteiger partial charge in [-0.3, -0.25) is 10.1 Å². The minimum Gasteiger partial charge on any atom is -0.488 e. The average Bonchev–Trinajstić information content (AvgIpc) is 2.53. The van der Waals surface area contributed by atoms with Crippen molar-refractivity contribution in [2.45, 2.75) is 6.10 Å². The van der Waals surface area contributed by atoms with E-state index in [0.717, 1.165) is 0 Å². The number of nitrogens with zero attached hydrogens (tertiary/aromatic N) is 1. The molecule has 0 fully saturated rings. The summed E-state index contributed by atoms with van der Waals surface area (Å²) in [4.78, 5) is 10.1. The Labute approximate surface area is 131 Å². The molecule has 6 nitrogen and oxygen atoms in total. The first-order valence-electron chi connectivity index (χ1n) is 6.59. The van der Waals surface area contributed by atoms with Gasteiger partial charge < -0.3 is 14.2 Å². The van der Waals surface area contributed by atoms with E-state index in [4.69, 9.17) is 25.8 Å². The molecule has 3 rings (SSSR count). The molecule has 114 valence electrons. The number of ether oxygens (including phenoxy) is 3. The van der Waals surface area contributed by atoms with Crippen molar-refractivity contribution in [3.63, 3.8) is 0 Å². The van der Waals surface area contributed by atoms with Gasteiger partial charge in [0.25, 0.3) is 5.69 Å². The van der Waals surface area contributed by atoms with Crippen LogP contribution in [-0.4, -0.2) is 24.2 Å². The van der Waals surface area contributed by atoms with Gasteiger partial charge in [0.2, 0.25) is 0 Å². The molecular weight excluding hydrogens is 310 g/mol. The number of nitro benzene ring substituents is 1. The first-order valence-corrected chi connectivity index (χ1v) is 6.96. The van der Waals surface area contributed by atoms with Crippen LogP contribution in [0.3, 0.4) is 0 Å². The van der Waals surface area contributed by atoms with Gasteiger partial charge in [0.1, 0.15) is 19.0 Å². The minimum atomic E-state index is -0.509. The van der Waals surface area contributed by atoms with Gasteiger partial charge in [0, 0.05) is 12.1 Å². The van der Waals surface area contributed by atoms with E-state index in [1.807, 2.05) is 24.3 Å². The van der Waals surface area contributed by atoms with Crippen LogP contribution < -0.4 is 14.2 Å². The third kappa shape index (κ3) is 3.07. The topological polar surface area (TPSA) is 70.8 Å². The summed E-state index contributed by atoms with van der Waals surface area (Å²) in [7, 11) is 0. The molecule has 0 aliphatic carbocycles. The number of hydrogen-bond donors (Lipinski definition) is 0. The van der Waals surface area contributed by atoms with Crippen molar-refractivity contribution in [3.8, 4) is 17.2 Å². The Morgan fingerprint density at radius 3 is 2.77 bits per heavy atom. The summed E-state index contributed by atoms with van der Waals surface area (Å²) in [5, 5.41) is 10.8. The monoisotopic (exact) mass is 321 g/mol. The Hall–Kier alpha value is -2.47. The summed E-state index contributed by atoms with van der Waals surface area (Å²) in [6, 6.07) is 11.4. The normalized spacial score (nSPS) is 16.1. The number of benzene rings is 2. The zero-order valence-corrected chi connectivity index (χ0v) is 12.2. The molecule has 1 atom stereocenters. The van der Waals surface area contributed by atoms with E-state index in [9.17, 15) is 10.1 Å². The number of rotatable bonds is 4. The second-order valence-electron chi connectivity index (χ2n) is 4.68. The molecule has 0 N–H and O–H groups in total. The smallest absolute Gasteiger partial charge is 0.271 e. The fourth-order valence-corrected chi connectivity index (χ4v) is 2.28. The Balaban J connectivity index is 1.63. The predicted molar refractivity (Wildman–Crippen MR) is 80.0 cm³/mol. The molecule has 7 heteroatoms. The highest BCUT2D eigenvalue weighted by Crippen LogP contribution is 2.32. The van der Waals surface area contributed by atoms with Crippen LogP contribution >= 0.6 is 11.6 Å². The van der Waals surface area contributed by atoms with Gasteiger partial charge in [-0.25, -0.2) is 0 Å². The molecule has 0 spiro atoms. The molecule has 1 aliphatic rings. The highest BCUT2D eigenvalue weighted by molar-refractivity contribution is 6.32. The van der Waals surface area contributed by atoms with Crippen molar-refractivity contribution in [1.82, 2.24) is 0 Å².